The molecule has 0 atom stereocenters. The van der Waals surface area contributed by atoms with E-state index in [-0.39, 0.29) is 0 Å². The van der Waals surface area contributed by atoms with Crippen molar-refractivity contribution in [2.45, 2.75) is 5.41 Å². The lowest BCUT2D eigenvalue weighted by Crippen LogP contribution is -2.26. The number of fused-ring (bicyclic) bond motifs is 10. The fourth-order valence-electron chi connectivity index (χ4n) is 13.9. The van der Waals surface area contributed by atoms with Crippen LogP contribution in [0.15, 0.2) is 315 Å². The smallest absolute Gasteiger partial charge is 0.182 e. The molecule has 4 aromatic heterocycles. The lowest BCUT2D eigenvalue weighted by atomic mass is 9.69. The molecule has 97 heavy (non-hydrogen) atoms. The second-order valence-electron chi connectivity index (χ2n) is 24.1. The summed E-state index contributed by atoms with van der Waals surface area (Å²) in [6.45, 7) is 0. The van der Waals surface area contributed by atoms with Crippen LogP contribution in [-0.2, 0) is 5.41 Å². The maximum Gasteiger partial charge on any atom is 0.182 e. The van der Waals surface area contributed by atoms with Gasteiger partial charge >= 0.3 is 0 Å². The first-order valence-corrected chi connectivity index (χ1v) is 32.1. The molecule has 2 aliphatic rings. The van der Waals surface area contributed by atoms with Crippen LogP contribution in [0.2, 0.25) is 0 Å². The minimum Gasteiger partial charge on any atom is -0.224 e. The third-order valence-electron chi connectivity index (χ3n) is 18.4. The quantitative estimate of drug-likeness (QED) is 0.114. The Hall–Kier alpha value is -13.3. The molecule has 452 valence electrons. The van der Waals surface area contributed by atoms with Crippen LogP contribution in [0.3, 0.4) is 0 Å². The van der Waals surface area contributed by atoms with Gasteiger partial charge in [-0.05, 0) is 68.8 Å². The van der Waals surface area contributed by atoms with Crippen molar-refractivity contribution >= 4 is 0 Å². The lowest BCUT2D eigenvalue weighted by molar-refractivity contribution is 0.793. The van der Waals surface area contributed by atoms with E-state index in [2.05, 4.69) is 121 Å². The van der Waals surface area contributed by atoms with Gasteiger partial charge in [0.1, 0.15) is 45.6 Å². The van der Waals surface area contributed by atoms with Crippen molar-refractivity contribution in [3.63, 3.8) is 0 Å². The fourth-order valence-corrected chi connectivity index (χ4v) is 13.9. The fraction of sp³-hybridized carbons (Fsp3) is 0.0118. The van der Waals surface area contributed by atoms with Crippen molar-refractivity contribution in [3.8, 4) is 158 Å². The van der Waals surface area contributed by atoms with E-state index in [1.54, 1.807) is 0 Å². The molecule has 0 unspecified atom stereocenters. The standard InChI is InChI=1S/C85H52N12/c1-9-25-53(26-10-1)73-77(57-33-17-5-18-34-57)90-94-81(86-73)61-41-45-65-66-46-42-62(82-87-74(54-27-11-2-12-28-54)78(91-95-82)58-35-19-6-20-36-58)50-70(66)85(69(65)49-61)71-51-63(83-88-75(55-29-13-3-14-30-55)79(92-96-83)59-37-21-7-22-38-59)43-47-67(71)68-48-44-64(52-72(68)85)84-89-76(56-31-15-4-16-32-56)80(93-97-84)60-39-23-8-24-40-60/h1-52H. The predicted molar refractivity (Wildman–Crippen MR) is 382 cm³/mol. The molecule has 1 spiro atoms. The van der Waals surface area contributed by atoms with Crippen LogP contribution in [0.5, 0.6) is 0 Å². The number of hydrogen-bond donors (Lipinski definition) is 0. The highest BCUT2D eigenvalue weighted by Gasteiger charge is 2.53. The van der Waals surface area contributed by atoms with Crippen LogP contribution >= 0.6 is 0 Å². The molecule has 0 saturated carbocycles. The molecular weight excluding hydrogens is 1190 g/mol. The monoisotopic (exact) mass is 1240 g/mol. The summed E-state index contributed by atoms with van der Waals surface area (Å²) < 4.78 is 0. The first-order valence-electron chi connectivity index (χ1n) is 32.1. The minimum absolute atomic E-state index is 0.471. The topological polar surface area (TPSA) is 155 Å². The average molecular weight is 1240 g/mol. The molecule has 0 N–H and O–H groups in total. The summed E-state index contributed by atoms with van der Waals surface area (Å²) in [7, 11) is 0. The second kappa shape index (κ2) is 23.7. The summed E-state index contributed by atoms with van der Waals surface area (Å²) >= 11 is 0. The molecule has 0 radical (unpaired) electrons. The molecule has 12 aromatic carbocycles. The summed E-state index contributed by atoms with van der Waals surface area (Å²) in [5.41, 5.74) is 23.1. The van der Waals surface area contributed by atoms with Gasteiger partial charge in [-0.3, -0.25) is 0 Å². The molecule has 2 aliphatic carbocycles. The molecule has 0 fully saturated rings. The SMILES string of the molecule is c1ccc(-c2nnc(-c3ccc4c(c3)C3(c5cc(-c6nnc(-c7ccccc7)c(-c7ccccc7)n6)ccc5-4)c4cc(-c5nnc(-c6ccccc6)c(-c6ccccc6)n5)ccc4-c4ccc(-c5nnc(-c6ccccc6)c(-c6ccccc6)n5)cc43)nc2-c2ccccc2)cc1. The van der Waals surface area contributed by atoms with Gasteiger partial charge in [-0.1, -0.05) is 291 Å². The molecule has 0 amide bonds. The highest BCUT2D eigenvalue weighted by molar-refractivity contribution is 5.99. The van der Waals surface area contributed by atoms with Crippen molar-refractivity contribution in [2.24, 2.45) is 0 Å². The molecule has 0 saturated heterocycles. The molecule has 12 heteroatoms. The van der Waals surface area contributed by atoms with Gasteiger partial charge in [0.05, 0.1) is 5.41 Å². The Morgan fingerprint density at radius 1 is 0.155 bits per heavy atom. The van der Waals surface area contributed by atoms with Gasteiger partial charge < -0.3 is 0 Å². The average Bonchev–Trinajstić information content (AvgIpc) is 1.51. The van der Waals surface area contributed by atoms with Gasteiger partial charge in [-0.2, -0.15) is 0 Å². The van der Waals surface area contributed by atoms with Crippen LogP contribution < -0.4 is 0 Å². The van der Waals surface area contributed by atoms with E-state index in [0.29, 0.717) is 46.1 Å². The van der Waals surface area contributed by atoms with Crippen molar-refractivity contribution < 1.29 is 0 Å². The first-order chi connectivity index (χ1) is 48.1. The maximum atomic E-state index is 5.47. The van der Waals surface area contributed by atoms with Crippen molar-refractivity contribution in [1.82, 2.24) is 60.7 Å². The van der Waals surface area contributed by atoms with E-state index in [4.69, 9.17) is 60.7 Å². The highest BCUT2D eigenvalue weighted by atomic mass is 15.2. The molecular formula is C85H52N12. The van der Waals surface area contributed by atoms with Gasteiger partial charge in [0.15, 0.2) is 23.3 Å². The molecule has 12 nitrogen and oxygen atoms in total. The third-order valence-corrected chi connectivity index (χ3v) is 18.4. The number of nitrogens with zero attached hydrogens (tertiary/aromatic N) is 12. The summed E-state index contributed by atoms with van der Waals surface area (Å²) in [5.74, 6) is 1.88. The molecule has 16 aromatic rings. The number of aromatic nitrogens is 12. The van der Waals surface area contributed by atoms with E-state index < -0.39 is 5.41 Å². The van der Waals surface area contributed by atoms with Crippen molar-refractivity contribution in [1.29, 1.82) is 0 Å². The number of rotatable bonds is 12. The van der Waals surface area contributed by atoms with E-state index >= 15 is 0 Å². The van der Waals surface area contributed by atoms with Crippen LogP contribution in [0.25, 0.3) is 158 Å². The Morgan fingerprint density at radius 2 is 0.330 bits per heavy atom. The molecule has 0 aliphatic heterocycles. The second-order valence-corrected chi connectivity index (χ2v) is 24.1. The predicted octanol–water partition coefficient (Wildman–Crippen LogP) is 18.8. The Morgan fingerprint density at radius 3 is 0.515 bits per heavy atom. The summed E-state index contributed by atoms with van der Waals surface area (Å²) in [6.07, 6.45) is 0. The van der Waals surface area contributed by atoms with Crippen LogP contribution in [0.1, 0.15) is 22.3 Å². The Balaban J connectivity index is 0.906. The Kier molecular flexibility index (Phi) is 13.8. The van der Waals surface area contributed by atoms with Crippen LogP contribution in [0, 0.1) is 0 Å². The zero-order valence-electron chi connectivity index (χ0n) is 51.9. The van der Waals surface area contributed by atoms with Gasteiger partial charge in [0.25, 0.3) is 0 Å². The van der Waals surface area contributed by atoms with Gasteiger partial charge in [-0.25, -0.2) is 19.9 Å². The maximum absolute atomic E-state index is 5.47. The summed E-state index contributed by atoms with van der Waals surface area (Å²) in [5, 5.41) is 40.1. The minimum atomic E-state index is -1.09. The Bertz CT molecular complexity index is 4960. The molecule has 18 rings (SSSR count). The number of hydrogen-bond acceptors (Lipinski definition) is 12. The van der Waals surface area contributed by atoms with E-state index in [1.165, 1.54) is 0 Å². The number of benzene rings is 12. The summed E-state index contributed by atoms with van der Waals surface area (Å²) in [4.78, 5) is 21.9. The van der Waals surface area contributed by atoms with Gasteiger partial charge in [-0.15, -0.1) is 40.8 Å². The Labute approximate surface area is 558 Å². The van der Waals surface area contributed by atoms with Crippen LogP contribution in [0.4, 0.5) is 0 Å². The molecule has 4 heterocycles. The molecule has 0 bridgehead atoms. The van der Waals surface area contributed by atoms with Gasteiger partial charge in [0, 0.05) is 66.8 Å². The van der Waals surface area contributed by atoms with Crippen LogP contribution in [-0.4, -0.2) is 60.7 Å². The van der Waals surface area contributed by atoms with E-state index in [9.17, 15) is 0 Å². The van der Waals surface area contributed by atoms with E-state index in [1.807, 2.05) is 194 Å². The van der Waals surface area contributed by atoms with E-state index in [0.717, 1.165) is 134 Å². The summed E-state index contributed by atoms with van der Waals surface area (Å²) in [6, 6.07) is 108. The lowest BCUT2D eigenvalue weighted by Gasteiger charge is -2.31. The highest BCUT2D eigenvalue weighted by Crippen LogP contribution is 2.64. The normalized spacial score (nSPS) is 12.2. The zero-order chi connectivity index (χ0) is 64.2. The largest absolute Gasteiger partial charge is 0.224 e. The third kappa shape index (κ3) is 9.77. The van der Waals surface area contributed by atoms with Gasteiger partial charge in [0.2, 0.25) is 0 Å². The van der Waals surface area contributed by atoms with Crippen molar-refractivity contribution in [3.05, 3.63) is 338 Å². The first kappa shape index (κ1) is 56.4. The zero-order valence-corrected chi connectivity index (χ0v) is 51.9. The van der Waals surface area contributed by atoms with Crippen molar-refractivity contribution in [2.75, 3.05) is 0 Å².